The fraction of sp³-hybridized carbons (Fsp3) is 0.245. The van der Waals surface area contributed by atoms with Crippen molar-refractivity contribution in [3.63, 3.8) is 0 Å². The van der Waals surface area contributed by atoms with Crippen LogP contribution in [0.15, 0.2) is 132 Å². The third-order valence-corrected chi connectivity index (χ3v) is 13.0. The van der Waals surface area contributed by atoms with Crippen LogP contribution in [-0.2, 0) is 10.8 Å². The van der Waals surface area contributed by atoms with Crippen LogP contribution in [0.5, 0.6) is 0 Å². The SMILES string of the molecule is C/C(=C\c1ccc(C(=O)O)cc1)c1ccc2c(c1)C(C)(C)CCC2(C)C.Cc1ccc(C2=CC(C)(C)Sc3cc4ccc(-c5ccc(C(=O)O)cc5)cc4cc32)cc1. The predicted octanol–water partition coefficient (Wildman–Crippen LogP) is 14.1. The van der Waals surface area contributed by atoms with Gasteiger partial charge in [0.1, 0.15) is 0 Å². The molecule has 0 saturated carbocycles. The van der Waals surface area contributed by atoms with Gasteiger partial charge in [-0.05, 0) is 160 Å². The molecule has 1 heterocycles. The van der Waals surface area contributed by atoms with E-state index in [2.05, 4.69) is 140 Å². The maximum atomic E-state index is 11.2. The van der Waals surface area contributed by atoms with Crippen LogP contribution in [0.3, 0.4) is 0 Å². The van der Waals surface area contributed by atoms with E-state index in [1.807, 2.05) is 36.0 Å². The molecular weight excluding hydrogens is 733 g/mol. The average Bonchev–Trinajstić information content (AvgIpc) is 3.19. The number of aromatic carboxylic acids is 2. The van der Waals surface area contributed by atoms with Crippen LogP contribution in [0.2, 0.25) is 0 Å². The molecule has 0 saturated heterocycles. The highest BCUT2D eigenvalue weighted by Gasteiger charge is 2.37. The van der Waals surface area contributed by atoms with Gasteiger partial charge in [0.05, 0.1) is 11.1 Å². The molecule has 0 fully saturated rings. The molecule has 4 nitrogen and oxygen atoms in total. The Morgan fingerprint density at radius 1 is 0.586 bits per heavy atom. The first kappa shape index (κ1) is 40.5. The first-order valence-corrected chi connectivity index (χ1v) is 20.8. The van der Waals surface area contributed by atoms with E-state index in [0.717, 1.165) is 16.7 Å². The van der Waals surface area contributed by atoms with Crippen molar-refractivity contribution >= 4 is 51.7 Å². The Bertz CT molecular complexity index is 2600. The smallest absolute Gasteiger partial charge is 0.335 e. The lowest BCUT2D eigenvalue weighted by atomic mass is 9.63. The summed E-state index contributed by atoms with van der Waals surface area (Å²) in [7, 11) is 0. The quantitative estimate of drug-likeness (QED) is 0.165. The zero-order chi connectivity index (χ0) is 41.6. The normalized spacial score (nSPS) is 16.3. The van der Waals surface area contributed by atoms with Gasteiger partial charge in [-0.3, -0.25) is 0 Å². The number of carboxylic acid groups (broad SMARTS) is 2. The fourth-order valence-corrected chi connectivity index (χ4v) is 9.36. The molecule has 6 aromatic rings. The molecule has 8 rings (SSSR count). The molecular formula is C53H52O4S. The number of thioether (sulfide) groups is 1. The Labute approximate surface area is 347 Å². The van der Waals surface area contributed by atoms with E-state index in [-0.39, 0.29) is 15.6 Å². The standard InChI is InChI=1S/C29H24O2S.C24H28O2/c1-18-4-6-20(7-5-18)26-17-29(2,3)32-27-16-23-13-12-22(14-24(23)15-25(26)27)19-8-10-21(11-9-19)28(30)31;1-16(14-17-6-8-18(9-7-17)22(25)26)19-10-11-20-21(15-19)24(4,5)13-12-23(20,2)3/h4-17H,1-3H3,(H,30,31);6-11,14-15H,12-13H2,1-5H3,(H,25,26)/b;16-14+. The van der Waals surface area contributed by atoms with Gasteiger partial charge in [0, 0.05) is 9.64 Å². The van der Waals surface area contributed by atoms with Crippen LogP contribution in [-0.4, -0.2) is 26.9 Å². The third-order valence-electron chi connectivity index (χ3n) is 11.8. The third kappa shape index (κ3) is 8.61. The maximum absolute atomic E-state index is 11.2. The molecule has 58 heavy (non-hydrogen) atoms. The Morgan fingerprint density at radius 2 is 1.14 bits per heavy atom. The number of carboxylic acids is 2. The van der Waals surface area contributed by atoms with E-state index < -0.39 is 11.9 Å². The topological polar surface area (TPSA) is 74.6 Å². The largest absolute Gasteiger partial charge is 0.478 e. The summed E-state index contributed by atoms with van der Waals surface area (Å²) < 4.78 is 0.0206. The monoisotopic (exact) mass is 784 g/mol. The molecule has 0 radical (unpaired) electrons. The van der Waals surface area contributed by atoms with E-state index in [9.17, 15) is 9.59 Å². The van der Waals surface area contributed by atoms with Crippen molar-refractivity contribution in [1.82, 2.24) is 0 Å². The molecule has 2 aliphatic rings. The lowest BCUT2D eigenvalue weighted by Crippen LogP contribution is -2.33. The minimum atomic E-state index is -0.905. The second-order valence-electron chi connectivity index (χ2n) is 17.7. The summed E-state index contributed by atoms with van der Waals surface area (Å²) >= 11 is 1.90. The second-order valence-corrected chi connectivity index (χ2v) is 19.4. The molecule has 294 valence electrons. The average molecular weight is 785 g/mol. The van der Waals surface area contributed by atoms with E-state index in [1.54, 1.807) is 24.3 Å². The Hall–Kier alpha value is -5.65. The summed E-state index contributed by atoms with van der Waals surface area (Å²) in [5.41, 5.74) is 14.6. The molecule has 0 aromatic heterocycles. The molecule has 0 amide bonds. The van der Waals surface area contributed by atoms with Crippen molar-refractivity contribution < 1.29 is 19.8 Å². The van der Waals surface area contributed by atoms with Gasteiger partial charge in [0.15, 0.2) is 0 Å². The number of fused-ring (bicyclic) bond motifs is 3. The highest BCUT2D eigenvalue weighted by Crippen LogP contribution is 2.48. The van der Waals surface area contributed by atoms with Gasteiger partial charge in [-0.25, -0.2) is 9.59 Å². The van der Waals surface area contributed by atoms with Gasteiger partial charge in [-0.1, -0.05) is 124 Å². The lowest BCUT2D eigenvalue weighted by Gasteiger charge is -2.42. The van der Waals surface area contributed by atoms with Crippen molar-refractivity contribution in [2.24, 2.45) is 0 Å². The van der Waals surface area contributed by atoms with Crippen LogP contribution in [0.25, 0.3) is 39.1 Å². The number of rotatable bonds is 6. The van der Waals surface area contributed by atoms with Gasteiger partial charge >= 0.3 is 11.9 Å². The van der Waals surface area contributed by atoms with E-state index in [1.165, 1.54) is 73.0 Å². The highest BCUT2D eigenvalue weighted by atomic mass is 32.2. The maximum Gasteiger partial charge on any atom is 0.335 e. The number of aryl methyl sites for hydroxylation is 1. The van der Waals surface area contributed by atoms with Crippen LogP contribution in [0, 0.1) is 6.92 Å². The van der Waals surface area contributed by atoms with Crippen LogP contribution in [0.1, 0.15) is 121 Å². The molecule has 0 unspecified atom stereocenters. The molecule has 0 atom stereocenters. The molecule has 6 aromatic carbocycles. The molecule has 0 spiro atoms. The summed E-state index contributed by atoms with van der Waals surface area (Å²) in [6, 6.07) is 40.8. The van der Waals surface area contributed by atoms with Crippen molar-refractivity contribution in [2.45, 2.75) is 88.7 Å². The number of benzene rings is 6. The summed E-state index contributed by atoms with van der Waals surface area (Å²) in [5.74, 6) is -1.80. The van der Waals surface area contributed by atoms with E-state index in [0.29, 0.717) is 11.1 Å². The molecule has 1 aliphatic heterocycles. The first-order valence-electron chi connectivity index (χ1n) is 20.0. The van der Waals surface area contributed by atoms with Crippen molar-refractivity contribution in [3.05, 3.63) is 177 Å². The van der Waals surface area contributed by atoms with Crippen LogP contribution < -0.4 is 0 Å². The number of allylic oxidation sites excluding steroid dienone is 1. The zero-order valence-electron chi connectivity index (χ0n) is 34.7. The van der Waals surface area contributed by atoms with Gasteiger partial charge in [-0.2, -0.15) is 0 Å². The summed E-state index contributed by atoms with van der Waals surface area (Å²) in [4.78, 5) is 23.5. The molecule has 2 N–H and O–H groups in total. The summed E-state index contributed by atoms with van der Waals surface area (Å²) in [5, 5.41) is 20.6. The minimum absolute atomic E-state index is 0.0206. The highest BCUT2D eigenvalue weighted by molar-refractivity contribution is 8.01. The number of hydrogen-bond donors (Lipinski definition) is 2. The lowest BCUT2D eigenvalue weighted by molar-refractivity contribution is 0.0686. The second kappa shape index (κ2) is 15.6. The van der Waals surface area contributed by atoms with Crippen molar-refractivity contribution in [2.75, 3.05) is 0 Å². The summed E-state index contributed by atoms with van der Waals surface area (Å²) in [6.07, 6.45) is 6.92. The van der Waals surface area contributed by atoms with Gasteiger partial charge in [-0.15, -0.1) is 11.8 Å². The summed E-state index contributed by atoms with van der Waals surface area (Å²) in [6.45, 7) is 18.1. The molecule has 5 heteroatoms. The first-order chi connectivity index (χ1) is 27.4. The van der Waals surface area contributed by atoms with Crippen LogP contribution >= 0.6 is 11.8 Å². The Kier molecular flexibility index (Phi) is 10.9. The van der Waals surface area contributed by atoms with Crippen molar-refractivity contribution in [1.29, 1.82) is 0 Å². The Balaban J connectivity index is 0.000000181. The van der Waals surface area contributed by atoms with Crippen LogP contribution in [0.4, 0.5) is 0 Å². The van der Waals surface area contributed by atoms with Gasteiger partial charge < -0.3 is 10.2 Å². The van der Waals surface area contributed by atoms with Gasteiger partial charge in [0.2, 0.25) is 0 Å². The minimum Gasteiger partial charge on any atom is -0.478 e. The van der Waals surface area contributed by atoms with E-state index in [4.69, 9.17) is 10.2 Å². The molecule has 0 bridgehead atoms. The van der Waals surface area contributed by atoms with Crippen molar-refractivity contribution in [3.8, 4) is 11.1 Å². The van der Waals surface area contributed by atoms with E-state index >= 15 is 0 Å². The number of hydrogen-bond acceptors (Lipinski definition) is 3. The zero-order valence-corrected chi connectivity index (χ0v) is 35.6. The predicted molar refractivity (Wildman–Crippen MR) is 243 cm³/mol. The fourth-order valence-electron chi connectivity index (χ4n) is 8.16. The number of carbonyl (C=O) groups is 2. The van der Waals surface area contributed by atoms with Gasteiger partial charge in [0.25, 0.3) is 0 Å². The molecule has 1 aliphatic carbocycles. The Morgan fingerprint density at radius 3 is 1.76 bits per heavy atom.